The van der Waals surface area contributed by atoms with Gasteiger partial charge in [-0.15, -0.1) is 12.6 Å². The van der Waals surface area contributed by atoms with Crippen LogP contribution in [0.5, 0.6) is 0 Å². The maximum absolute atomic E-state index is 9.90. The molecule has 9 heteroatoms. The first-order valence-corrected chi connectivity index (χ1v) is 4.90. The Morgan fingerprint density at radius 2 is 1.69 bits per heavy atom. The number of hydrogen-bond acceptors (Lipinski definition) is 7. The van der Waals surface area contributed by atoms with E-state index >= 15 is 0 Å². The van der Waals surface area contributed by atoms with Gasteiger partial charge in [-0.1, -0.05) is 12.2 Å². The van der Waals surface area contributed by atoms with Crippen LogP contribution in [0.2, 0.25) is 0 Å². The molecule has 0 spiro atoms. The van der Waals surface area contributed by atoms with Crippen molar-refractivity contribution in [2.45, 2.75) is 24.4 Å². The van der Waals surface area contributed by atoms with Crippen LogP contribution in [0, 0.1) is 0 Å². The second-order valence-electron chi connectivity index (χ2n) is 2.70. The molecule has 0 radical (unpaired) electrons. The highest BCUT2D eigenvalue weighted by Crippen LogP contribution is 2.02. The van der Waals surface area contributed by atoms with Crippen molar-refractivity contribution in [2.24, 2.45) is 5.73 Å². The van der Waals surface area contributed by atoms with E-state index in [1.54, 1.807) is 0 Å². The predicted octanol–water partition coefficient (Wildman–Crippen LogP) is -3.22. The average molecular weight is 273 g/mol. The molecular formula is C7H15NO6S2. The number of thiol groups is 1. The van der Waals surface area contributed by atoms with Gasteiger partial charge in [0.2, 0.25) is 0 Å². The van der Waals surface area contributed by atoms with Gasteiger partial charge in [0.15, 0.2) is 6.29 Å². The van der Waals surface area contributed by atoms with Gasteiger partial charge in [-0.05, 0) is 0 Å². The number of nitrogens with two attached hydrogens (primary N) is 1. The highest BCUT2D eigenvalue weighted by molar-refractivity contribution is 8.10. The molecule has 16 heavy (non-hydrogen) atoms. The Morgan fingerprint density at radius 3 is 1.94 bits per heavy atom. The van der Waals surface area contributed by atoms with Crippen LogP contribution < -0.4 is 5.73 Å². The molecule has 0 aromatic carbocycles. The normalized spacial score (nSPS) is 17.4. The van der Waals surface area contributed by atoms with Gasteiger partial charge in [0.1, 0.15) is 28.7 Å². The third-order valence-corrected chi connectivity index (χ3v) is 1.42. The fraction of sp³-hybridized carbons (Fsp3) is 0.714. The van der Waals surface area contributed by atoms with Gasteiger partial charge in [-0.3, -0.25) is 0 Å². The summed E-state index contributed by atoms with van der Waals surface area (Å²) >= 11 is 7.65. The Kier molecular flexibility index (Phi) is 11.2. The van der Waals surface area contributed by atoms with Gasteiger partial charge < -0.3 is 36.1 Å². The maximum atomic E-state index is 9.90. The number of carbonyl (C=O) groups is 1. The third kappa shape index (κ3) is 8.97. The lowest BCUT2D eigenvalue weighted by Gasteiger charge is -2.22. The van der Waals surface area contributed by atoms with Crippen LogP contribution >= 0.6 is 24.8 Å². The first-order chi connectivity index (χ1) is 7.27. The summed E-state index contributed by atoms with van der Waals surface area (Å²) in [6, 6.07) is 0. The highest BCUT2D eigenvalue weighted by atomic mass is 32.1. The molecule has 0 saturated heterocycles. The van der Waals surface area contributed by atoms with Crippen molar-refractivity contribution in [2.75, 3.05) is 6.61 Å². The summed E-state index contributed by atoms with van der Waals surface area (Å²) in [7, 11) is 0. The molecule has 0 amide bonds. The van der Waals surface area contributed by atoms with E-state index in [1.165, 1.54) is 0 Å². The lowest BCUT2D eigenvalue weighted by atomic mass is 10.0. The summed E-state index contributed by atoms with van der Waals surface area (Å²) < 4.78 is 0.194. The zero-order chi connectivity index (χ0) is 13.3. The zero-order valence-electron chi connectivity index (χ0n) is 8.17. The molecule has 0 aromatic heterocycles. The third-order valence-electron chi connectivity index (χ3n) is 1.42. The van der Waals surface area contributed by atoms with Crippen molar-refractivity contribution in [1.29, 1.82) is 0 Å². The number of aliphatic hydroxyl groups is 5. The predicted molar refractivity (Wildman–Crippen MR) is 62.9 cm³/mol. The van der Waals surface area contributed by atoms with Crippen LogP contribution in [0.4, 0.5) is 0 Å². The van der Waals surface area contributed by atoms with Gasteiger partial charge in [0.25, 0.3) is 0 Å². The molecule has 7 nitrogen and oxygen atoms in total. The van der Waals surface area contributed by atoms with E-state index in [1.807, 2.05) is 0 Å². The summed E-state index contributed by atoms with van der Waals surface area (Å²) in [4.78, 5) is 9.90. The smallest absolute Gasteiger partial charge is 0.151 e. The second-order valence-corrected chi connectivity index (χ2v) is 3.92. The fourth-order valence-corrected chi connectivity index (χ4v) is 0.618. The molecule has 0 aliphatic rings. The lowest BCUT2D eigenvalue weighted by molar-refractivity contribution is -0.136. The summed E-state index contributed by atoms with van der Waals surface area (Å²) in [6.07, 6.45) is -6.84. The highest BCUT2D eigenvalue weighted by Gasteiger charge is 2.29. The topological polar surface area (TPSA) is 144 Å². The first kappa shape index (κ1) is 18.1. The number of hydrogen-bond donors (Lipinski definition) is 7. The van der Waals surface area contributed by atoms with E-state index in [2.05, 4.69) is 24.8 Å². The quantitative estimate of drug-likeness (QED) is 0.157. The molecule has 0 fully saturated rings. The van der Waals surface area contributed by atoms with E-state index in [4.69, 9.17) is 31.3 Å². The molecule has 0 aromatic rings. The molecular weight excluding hydrogens is 258 g/mol. The molecule has 0 bridgehead atoms. The first-order valence-electron chi connectivity index (χ1n) is 4.04. The minimum Gasteiger partial charge on any atom is -0.394 e. The summed E-state index contributed by atoms with van der Waals surface area (Å²) in [5, 5.41) is 43.5. The van der Waals surface area contributed by atoms with Crippen molar-refractivity contribution < 1.29 is 30.3 Å². The van der Waals surface area contributed by atoms with Crippen LogP contribution in [-0.2, 0) is 4.79 Å². The van der Waals surface area contributed by atoms with Crippen molar-refractivity contribution in [3.8, 4) is 0 Å². The van der Waals surface area contributed by atoms with Gasteiger partial charge in [0, 0.05) is 0 Å². The Labute approximate surface area is 103 Å². The fourth-order valence-electron chi connectivity index (χ4n) is 0.618. The van der Waals surface area contributed by atoms with Crippen molar-refractivity contribution >= 4 is 35.5 Å². The van der Waals surface area contributed by atoms with E-state index < -0.39 is 31.0 Å². The lowest BCUT2D eigenvalue weighted by Crippen LogP contribution is -2.46. The number of thiocarbonyl (C=S) groups is 1. The minimum atomic E-state index is -1.79. The Bertz CT molecular complexity index is 213. The number of carbonyl (C=O) groups excluding carboxylic acids is 1. The molecule has 0 heterocycles. The average Bonchev–Trinajstić information content (AvgIpc) is 2.24. The monoisotopic (exact) mass is 273 g/mol. The maximum Gasteiger partial charge on any atom is 0.151 e. The van der Waals surface area contributed by atoms with Gasteiger partial charge in [-0.2, -0.15) is 0 Å². The van der Waals surface area contributed by atoms with Crippen LogP contribution in [-0.4, -0.2) is 67.2 Å². The van der Waals surface area contributed by atoms with Crippen LogP contribution in [0.25, 0.3) is 0 Å². The van der Waals surface area contributed by atoms with Crippen LogP contribution in [0.3, 0.4) is 0 Å². The molecule has 0 aliphatic heterocycles. The second kappa shape index (κ2) is 9.90. The Balaban J connectivity index is 0. The standard InChI is InChI=1S/C6H12O6.CH3NS2/c7-1-3(9)5(11)6(12)4(10)2-8;2-1(3)4/h1,3-6,8-12H,2H2;(H3,2,3,4)/t3-,4+,5+,6+;/m0./s1. The van der Waals surface area contributed by atoms with E-state index in [0.717, 1.165) is 0 Å². The number of aliphatic hydroxyl groups excluding tert-OH is 5. The summed E-state index contributed by atoms with van der Waals surface area (Å²) in [5.74, 6) is 0. The van der Waals surface area contributed by atoms with E-state index in [9.17, 15) is 4.79 Å². The van der Waals surface area contributed by atoms with Crippen molar-refractivity contribution in [1.82, 2.24) is 0 Å². The van der Waals surface area contributed by atoms with Gasteiger partial charge in [0.05, 0.1) is 6.61 Å². The van der Waals surface area contributed by atoms with E-state index in [-0.39, 0.29) is 10.6 Å². The largest absolute Gasteiger partial charge is 0.394 e. The van der Waals surface area contributed by atoms with Crippen molar-refractivity contribution in [3.05, 3.63) is 0 Å². The number of rotatable bonds is 5. The zero-order valence-corrected chi connectivity index (χ0v) is 9.88. The number of aldehydes is 1. The van der Waals surface area contributed by atoms with E-state index in [0.29, 0.717) is 0 Å². The van der Waals surface area contributed by atoms with Crippen molar-refractivity contribution in [3.63, 3.8) is 0 Å². The Morgan fingerprint density at radius 1 is 1.31 bits per heavy atom. The molecule has 0 aliphatic carbocycles. The molecule has 0 unspecified atom stereocenters. The van der Waals surface area contributed by atoms with Crippen LogP contribution in [0.15, 0.2) is 0 Å². The Hall–Kier alpha value is -0.290. The molecule has 0 saturated carbocycles. The molecule has 96 valence electrons. The molecule has 4 atom stereocenters. The van der Waals surface area contributed by atoms with Crippen LogP contribution in [0.1, 0.15) is 0 Å². The minimum absolute atomic E-state index is 0.0258. The van der Waals surface area contributed by atoms with Gasteiger partial charge in [-0.25, -0.2) is 0 Å². The molecule has 0 rings (SSSR count). The SMILES string of the molecule is NC(=S)S.O=C[C@H](O)[C@@H](O)[C@H](O)[C@H](O)CO. The summed E-state index contributed by atoms with van der Waals surface area (Å²) in [5.41, 5.74) is 4.71. The molecule has 7 N–H and O–H groups in total. The van der Waals surface area contributed by atoms with Gasteiger partial charge >= 0.3 is 0 Å². The summed E-state index contributed by atoms with van der Waals surface area (Å²) in [6.45, 7) is -0.760.